The van der Waals surface area contributed by atoms with Crippen molar-refractivity contribution in [2.24, 2.45) is 0 Å². The lowest BCUT2D eigenvalue weighted by Gasteiger charge is -2.32. The van der Waals surface area contributed by atoms with Gasteiger partial charge in [-0.05, 0) is 43.5 Å². The minimum absolute atomic E-state index is 0.00242. The lowest BCUT2D eigenvalue weighted by molar-refractivity contribution is -0.384. The van der Waals surface area contributed by atoms with E-state index in [2.05, 4.69) is 15.2 Å². The zero-order valence-corrected chi connectivity index (χ0v) is 16.7. The van der Waals surface area contributed by atoms with E-state index in [1.807, 2.05) is 19.1 Å². The van der Waals surface area contributed by atoms with Gasteiger partial charge in [-0.25, -0.2) is 0 Å². The van der Waals surface area contributed by atoms with Crippen LogP contribution in [0.4, 0.5) is 11.7 Å². The Labute approximate surface area is 173 Å². The number of aromatic nitrogens is 1. The predicted molar refractivity (Wildman–Crippen MR) is 112 cm³/mol. The maximum absolute atomic E-state index is 10.9. The molecule has 2 heterocycles. The van der Waals surface area contributed by atoms with E-state index in [1.54, 1.807) is 12.1 Å². The Morgan fingerprint density at radius 3 is 2.83 bits per heavy atom. The zero-order valence-electron chi connectivity index (χ0n) is 16.7. The summed E-state index contributed by atoms with van der Waals surface area (Å²) in [5.74, 6) is 0.676. The number of non-ortho nitro benzene ring substituents is 1. The summed E-state index contributed by atoms with van der Waals surface area (Å²) in [6, 6.07) is 10.5. The molecule has 0 aliphatic carbocycles. The van der Waals surface area contributed by atoms with Gasteiger partial charge < -0.3 is 19.6 Å². The number of phenolic OH excluding ortho intramolecular Hbond substituents is 1. The van der Waals surface area contributed by atoms with Crippen LogP contribution in [0.5, 0.6) is 11.5 Å². The highest BCUT2D eigenvalue weighted by Gasteiger charge is 2.21. The molecule has 9 nitrogen and oxygen atoms in total. The first-order chi connectivity index (χ1) is 14.5. The van der Waals surface area contributed by atoms with Crippen molar-refractivity contribution < 1.29 is 19.2 Å². The Kier molecular flexibility index (Phi) is 5.71. The number of hydrogen-bond donors (Lipinski definition) is 2. The van der Waals surface area contributed by atoms with Crippen molar-refractivity contribution in [2.75, 3.05) is 25.0 Å². The smallest absolute Gasteiger partial charge is 0.295 e. The van der Waals surface area contributed by atoms with E-state index in [1.165, 1.54) is 12.1 Å². The molecule has 9 heteroatoms. The van der Waals surface area contributed by atoms with Gasteiger partial charge in [-0.15, -0.1) is 0 Å². The fraction of sp³-hybridized carbons (Fsp3) is 0.381. The number of oxazole rings is 1. The number of likely N-dealkylation sites (tertiary alicyclic amines) is 1. The minimum atomic E-state index is -0.442. The topological polar surface area (TPSA) is 114 Å². The second kappa shape index (κ2) is 8.58. The summed E-state index contributed by atoms with van der Waals surface area (Å²) in [6.45, 7) is 5.02. The molecule has 4 rings (SSSR count). The van der Waals surface area contributed by atoms with Gasteiger partial charge in [0.05, 0.1) is 11.5 Å². The maximum atomic E-state index is 10.9. The van der Waals surface area contributed by atoms with E-state index in [9.17, 15) is 15.2 Å². The number of benzene rings is 2. The molecule has 1 saturated heterocycles. The van der Waals surface area contributed by atoms with Crippen LogP contribution in [0.3, 0.4) is 0 Å². The second-order valence-corrected chi connectivity index (χ2v) is 7.36. The maximum Gasteiger partial charge on any atom is 0.295 e. The van der Waals surface area contributed by atoms with E-state index in [0.717, 1.165) is 38.0 Å². The first kappa shape index (κ1) is 20.0. The number of anilines is 1. The number of fused-ring (bicyclic) bond motifs is 1. The molecule has 1 aromatic heterocycles. The van der Waals surface area contributed by atoms with Gasteiger partial charge in [-0.3, -0.25) is 15.0 Å². The molecule has 0 radical (unpaired) electrons. The Morgan fingerprint density at radius 1 is 1.30 bits per heavy atom. The molecule has 0 bridgehead atoms. The Hall–Kier alpha value is -3.33. The fourth-order valence-electron chi connectivity index (χ4n) is 3.69. The van der Waals surface area contributed by atoms with E-state index in [4.69, 9.17) is 9.15 Å². The molecule has 0 saturated carbocycles. The summed E-state index contributed by atoms with van der Waals surface area (Å²) >= 11 is 0. The second-order valence-electron chi connectivity index (χ2n) is 7.36. The lowest BCUT2D eigenvalue weighted by Crippen LogP contribution is -2.38. The molecule has 2 N–H and O–H groups in total. The fourth-order valence-corrected chi connectivity index (χ4v) is 3.69. The van der Waals surface area contributed by atoms with Crippen molar-refractivity contribution in [2.45, 2.75) is 32.4 Å². The summed E-state index contributed by atoms with van der Waals surface area (Å²) in [7, 11) is 0. The Bertz CT molecular complexity index is 1040. The Balaban J connectivity index is 1.33. The molecular formula is C21H24N4O5. The van der Waals surface area contributed by atoms with Crippen LogP contribution in [-0.4, -0.2) is 45.7 Å². The summed E-state index contributed by atoms with van der Waals surface area (Å²) < 4.78 is 11.1. The van der Waals surface area contributed by atoms with Crippen molar-refractivity contribution in [1.29, 1.82) is 0 Å². The van der Waals surface area contributed by atoms with Crippen LogP contribution in [0.15, 0.2) is 40.8 Å². The largest absolute Gasteiger partial charge is 0.504 e. The van der Waals surface area contributed by atoms with Gasteiger partial charge in [0.1, 0.15) is 5.52 Å². The lowest BCUT2D eigenvalue weighted by atomic mass is 10.0. The van der Waals surface area contributed by atoms with Crippen molar-refractivity contribution >= 4 is 22.8 Å². The molecule has 0 spiro atoms. The molecule has 0 unspecified atom stereocenters. The van der Waals surface area contributed by atoms with Gasteiger partial charge in [0.25, 0.3) is 11.7 Å². The van der Waals surface area contributed by atoms with Crippen molar-refractivity contribution in [3.05, 3.63) is 52.1 Å². The summed E-state index contributed by atoms with van der Waals surface area (Å²) in [4.78, 5) is 17.2. The third-order valence-electron chi connectivity index (χ3n) is 5.23. The summed E-state index contributed by atoms with van der Waals surface area (Å²) in [6.07, 6.45) is 1.85. The first-order valence-corrected chi connectivity index (χ1v) is 10.0. The van der Waals surface area contributed by atoms with E-state index in [0.29, 0.717) is 29.5 Å². The average molecular weight is 412 g/mol. The normalized spacial score (nSPS) is 15.4. The highest BCUT2D eigenvalue weighted by atomic mass is 16.6. The summed E-state index contributed by atoms with van der Waals surface area (Å²) in [5, 5.41) is 24.1. The number of rotatable bonds is 7. The third-order valence-corrected chi connectivity index (χ3v) is 5.23. The van der Waals surface area contributed by atoms with Crippen LogP contribution >= 0.6 is 0 Å². The zero-order chi connectivity index (χ0) is 21.1. The molecular weight excluding hydrogens is 388 g/mol. The van der Waals surface area contributed by atoms with Gasteiger partial charge in [0, 0.05) is 37.8 Å². The first-order valence-electron chi connectivity index (χ1n) is 10.0. The van der Waals surface area contributed by atoms with Gasteiger partial charge >= 0.3 is 0 Å². The quantitative estimate of drug-likeness (QED) is 0.443. The number of nitrogens with zero attached hydrogens (tertiary/aromatic N) is 3. The molecule has 1 fully saturated rings. The SMILES string of the molecule is CCOc1cc(CN2CCC(Nc3nc4cc([N+](=O)[O-])ccc4o3)CC2)ccc1O. The van der Waals surface area contributed by atoms with Gasteiger partial charge in [0.2, 0.25) is 0 Å². The number of aromatic hydroxyl groups is 1. The van der Waals surface area contributed by atoms with Crippen LogP contribution in [0.2, 0.25) is 0 Å². The third kappa shape index (κ3) is 4.46. The van der Waals surface area contributed by atoms with E-state index in [-0.39, 0.29) is 17.5 Å². The van der Waals surface area contributed by atoms with E-state index < -0.39 is 4.92 Å². The van der Waals surface area contributed by atoms with Gasteiger partial charge in [-0.1, -0.05) is 6.07 Å². The molecule has 2 aromatic carbocycles. The number of hydrogen-bond acceptors (Lipinski definition) is 8. The Morgan fingerprint density at radius 2 is 2.10 bits per heavy atom. The minimum Gasteiger partial charge on any atom is -0.504 e. The van der Waals surface area contributed by atoms with Crippen LogP contribution in [0, 0.1) is 10.1 Å². The van der Waals surface area contributed by atoms with Crippen LogP contribution in [0.25, 0.3) is 11.1 Å². The number of ether oxygens (including phenoxy) is 1. The molecule has 1 aliphatic rings. The standard InChI is InChI=1S/C21H24N4O5/c1-2-29-20-11-14(3-5-18(20)26)13-24-9-7-15(8-10-24)22-21-23-17-12-16(25(27)28)4-6-19(17)30-21/h3-6,11-12,15,26H,2,7-10,13H2,1H3,(H,22,23). The van der Waals surface area contributed by atoms with Crippen molar-refractivity contribution in [1.82, 2.24) is 9.88 Å². The number of nitrogens with one attached hydrogen (secondary N) is 1. The average Bonchev–Trinajstić information content (AvgIpc) is 3.13. The molecule has 1 aliphatic heterocycles. The highest BCUT2D eigenvalue weighted by Crippen LogP contribution is 2.28. The number of phenols is 1. The van der Waals surface area contributed by atoms with Crippen LogP contribution in [0.1, 0.15) is 25.3 Å². The highest BCUT2D eigenvalue weighted by molar-refractivity contribution is 5.77. The molecule has 3 aromatic rings. The molecule has 30 heavy (non-hydrogen) atoms. The van der Waals surface area contributed by atoms with Gasteiger partial charge in [-0.2, -0.15) is 4.98 Å². The van der Waals surface area contributed by atoms with Crippen molar-refractivity contribution in [3.8, 4) is 11.5 Å². The summed E-state index contributed by atoms with van der Waals surface area (Å²) in [5.41, 5.74) is 2.10. The number of piperidine rings is 1. The van der Waals surface area contributed by atoms with E-state index >= 15 is 0 Å². The predicted octanol–water partition coefficient (Wildman–Crippen LogP) is 3.92. The molecule has 0 atom stereocenters. The van der Waals surface area contributed by atoms with Crippen molar-refractivity contribution in [3.63, 3.8) is 0 Å². The molecule has 158 valence electrons. The van der Waals surface area contributed by atoms with Crippen LogP contribution in [-0.2, 0) is 6.54 Å². The van der Waals surface area contributed by atoms with Crippen LogP contribution < -0.4 is 10.1 Å². The molecule has 0 amide bonds. The monoisotopic (exact) mass is 412 g/mol. The number of nitro benzene ring substituents is 1. The van der Waals surface area contributed by atoms with Gasteiger partial charge in [0.15, 0.2) is 17.1 Å². The number of nitro groups is 1.